The number of ether oxygens (including phenoxy) is 1. The van der Waals surface area contributed by atoms with Crippen molar-refractivity contribution in [3.8, 4) is 10.4 Å². The predicted octanol–water partition coefficient (Wildman–Crippen LogP) is 4.33. The molecule has 1 aromatic carbocycles. The second-order valence-electron chi connectivity index (χ2n) is 4.43. The highest BCUT2D eigenvalue weighted by Gasteiger charge is 2.10. The molecule has 0 saturated heterocycles. The summed E-state index contributed by atoms with van der Waals surface area (Å²) in [4.78, 5) is 13.1. The molecule has 0 aliphatic carbocycles. The van der Waals surface area contributed by atoms with Gasteiger partial charge in [-0.2, -0.15) is 0 Å². The Morgan fingerprint density at radius 1 is 1.11 bits per heavy atom. The summed E-state index contributed by atoms with van der Waals surface area (Å²) in [6.07, 6.45) is 0. The molecule has 2 rings (SSSR count). The lowest BCUT2D eigenvalue weighted by Gasteiger charge is -2.05. The van der Waals surface area contributed by atoms with Crippen LogP contribution in [0.1, 0.15) is 35.0 Å². The molecule has 0 saturated carbocycles. The molecule has 0 N–H and O–H groups in total. The van der Waals surface area contributed by atoms with Crippen LogP contribution in [0.2, 0.25) is 0 Å². The van der Waals surface area contributed by atoms with Crippen LogP contribution in [0.5, 0.6) is 0 Å². The van der Waals surface area contributed by atoms with Crippen LogP contribution in [-0.4, -0.2) is 13.1 Å². The predicted molar refractivity (Wildman–Crippen MR) is 75.2 cm³/mol. The smallest absolute Gasteiger partial charge is 0.348 e. The van der Waals surface area contributed by atoms with Crippen molar-refractivity contribution in [1.82, 2.24) is 0 Å². The number of rotatable bonds is 3. The third-order valence-electron chi connectivity index (χ3n) is 2.85. The quantitative estimate of drug-likeness (QED) is 0.768. The van der Waals surface area contributed by atoms with Crippen LogP contribution in [0.3, 0.4) is 0 Å². The van der Waals surface area contributed by atoms with Crippen molar-refractivity contribution >= 4 is 17.3 Å². The maximum absolute atomic E-state index is 11.4. The number of hydrogen-bond acceptors (Lipinski definition) is 3. The molecule has 0 unspecified atom stereocenters. The van der Waals surface area contributed by atoms with Crippen molar-refractivity contribution < 1.29 is 9.53 Å². The molecule has 94 valence electrons. The molecule has 0 aliphatic heterocycles. The van der Waals surface area contributed by atoms with Crippen LogP contribution in [0.15, 0.2) is 36.4 Å². The van der Waals surface area contributed by atoms with E-state index in [1.165, 1.54) is 24.0 Å². The van der Waals surface area contributed by atoms with Gasteiger partial charge in [0.05, 0.1) is 7.11 Å². The van der Waals surface area contributed by atoms with Crippen molar-refractivity contribution in [3.63, 3.8) is 0 Å². The average Bonchev–Trinajstić information content (AvgIpc) is 2.87. The van der Waals surface area contributed by atoms with Crippen molar-refractivity contribution in [2.75, 3.05) is 7.11 Å². The Morgan fingerprint density at radius 2 is 1.78 bits per heavy atom. The lowest BCUT2D eigenvalue weighted by Crippen LogP contribution is -1.96. The minimum absolute atomic E-state index is 0.273. The summed E-state index contributed by atoms with van der Waals surface area (Å²) in [5.41, 5.74) is 2.46. The van der Waals surface area contributed by atoms with Gasteiger partial charge >= 0.3 is 5.97 Å². The Balaban J connectivity index is 2.26. The van der Waals surface area contributed by atoms with Crippen molar-refractivity contribution in [1.29, 1.82) is 0 Å². The third kappa shape index (κ3) is 2.62. The number of benzene rings is 1. The number of carbonyl (C=O) groups is 1. The van der Waals surface area contributed by atoms with Gasteiger partial charge in [0.15, 0.2) is 0 Å². The first-order valence-electron chi connectivity index (χ1n) is 5.90. The molecular formula is C15H16O2S. The van der Waals surface area contributed by atoms with Gasteiger partial charge in [-0.25, -0.2) is 4.79 Å². The summed E-state index contributed by atoms with van der Waals surface area (Å²) in [7, 11) is 1.40. The molecular weight excluding hydrogens is 244 g/mol. The van der Waals surface area contributed by atoms with Gasteiger partial charge in [-0.3, -0.25) is 0 Å². The zero-order chi connectivity index (χ0) is 13.1. The molecule has 0 spiro atoms. The van der Waals surface area contributed by atoms with Crippen LogP contribution in [0.25, 0.3) is 10.4 Å². The van der Waals surface area contributed by atoms with E-state index >= 15 is 0 Å². The summed E-state index contributed by atoms with van der Waals surface area (Å²) in [6, 6.07) is 12.2. The number of carbonyl (C=O) groups excluding carboxylic acids is 1. The second-order valence-corrected chi connectivity index (χ2v) is 5.52. The van der Waals surface area contributed by atoms with E-state index in [9.17, 15) is 4.79 Å². The lowest BCUT2D eigenvalue weighted by atomic mass is 10.0. The number of hydrogen-bond donors (Lipinski definition) is 0. The van der Waals surface area contributed by atoms with Gasteiger partial charge in [-0.05, 0) is 29.2 Å². The molecule has 0 radical (unpaired) electrons. The van der Waals surface area contributed by atoms with E-state index in [4.69, 9.17) is 4.74 Å². The average molecular weight is 260 g/mol. The van der Waals surface area contributed by atoms with E-state index in [0.717, 1.165) is 10.4 Å². The van der Waals surface area contributed by atoms with Crippen LogP contribution >= 0.6 is 11.3 Å². The Bertz CT molecular complexity index is 538. The van der Waals surface area contributed by atoms with Gasteiger partial charge in [0.1, 0.15) is 4.88 Å². The molecule has 1 aromatic heterocycles. The fourth-order valence-corrected chi connectivity index (χ4v) is 2.67. The van der Waals surface area contributed by atoms with Crippen LogP contribution in [0, 0.1) is 0 Å². The van der Waals surface area contributed by atoms with Crippen LogP contribution in [-0.2, 0) is 4.74 Å². The maximum Gasteiger partial charge on any atom is 0.348 e. The molecule has 0 aliphatic rings. The molecule has 0 amide bonds. The first kappa shape index (κ1) is 12.8. The van der Waals surface area contributed by atoms with E-state index in [-0.39, 0.29) is 5.97 Å². The molecule has 18 heavy (non-hydrogen) atoms. The Morgan fingerprint density at radius 3 is 2.33 bits per heavy atom. The van der Waals surface area contributed by atoms with E-state index < -0.39 is 0 Å². The first-order valence-corrected chi connectivity index (χ1v) is 6.72. The van der Waals surface area contributed by atoms with Gasteiger partial charge in [0, 0.05) is 4.88 Å². The summed E-state index contributed by atoms with van der Waals surface area (Å²) < 4.78 is 4.71. The van der Waals surface area contributed by atoms with Crippen LogP contribution < -0.4 is 0 Å². The molecule has 0 bridgehead atoms. The highest BCUT2D eigenvalue weighted by Crippen LogP contribution is 2.29. The largest absolute Gasteiger partial charge is 0.465 e. The van der Waals surface area contributed by atoms with Gasteiger partial charge in [0.25, 0.3) is 0 Å². The van der Waals surface area contributed by atoms with E-state index in [1.807, 2.05) is 12.1 Å². The topological polar surface area (TPSA) is 26.3 Å². The fraction of sp³-hybridized carbons (Fsp3) is 0.267. The minimum Gasteiger partial charge on any atom is -0.465 e. The third-order valence-corrected chi connectivity index (χ3v) is 3.97. The molecule has 0 fully saturated rings. The minimum atomic E-state index is -0.273. The zero-order valence-corrected chi connectivity index (χ0v) is 11.6. The van der Waals surface area contributed by atoms with Crippen molar-refractivity contribution in [2.45, 2.75) is 19.8 Å². The summed E-state index contributed by atoms with van der Waals surface area (Å²) in [6.45, 7) is 4.35. The molecule has 2 aromatic rings. The SMILES string of the molecule is COC(=O)c1ccc(-c2ccc(C(C)C)cc2)s1. The Kier molecular flexibility index (Phi) is 3.82. The van der Waals surface area contributed by atoms with Gasteiger partial charge < -0.3 is 4.74 Å². The molecule has 1 heterocycles. The van der Waals surface area contributed by atoms with Gasteiger partial charge in [-0.1, -0.05) is 38.1 Å². The highest BCUT2D eigenvalue weighted by molar-refractivity contribution is 7.17. The van der Waals surface area contributed by atoms with Crippen molar-refractivity contribution in [2.24, 2.45) is 0 Å². The first-order chi connectivity index (χ1) is 8.61. The number of esters is 1. The van der Waals surface area contributed by atoms with E-state index in [2.05, 4.69) is 38.1 Å². The lowest BCUT2D eigenvalue weighted by molar-refractivity contribution is 0.0606. The van der Waals surface area contributed by atoms with Crippen molar-refractivity contribution in [3.05, 3.63) is 46.8 Å². The second kappa shape index (κ2) is 5.36. The standard InChI is InChI=1S/C15H16O2S/c1-10(2)11-4-6-12(7-5-11)13-8-9-14(18-13)15(16)17-3/h4-10H,1-3H3. The number of thiophene rings is 1. The van der Waals surface area contributed by atoms with Gasteiger partial charge in [0.2, 0.25) is 0 Å². The normalized spacial score (nSPS) is 10.7. The summed E-state index contributed by atoms with van der Waals surface area (Å²) in [5, 5.41) is 0. The Hall–Kier alpha value is -1.61. The fourth-order valence-electron chi connectivity index (χ4n) is 1.74. The summed E-state index contributed by atoms with van der Waals surface area (Å²) >= 11 is 1.46. The van der Waals surface area contributed by atoms with Gasteiger partial charge in [-0.15, -0.1) is 11.3 Å². The molecule has 0 atom stereocenters. The monoisotopic (exact) mass is 260 g/mol. The highest BCUT2D eigenvalue weighted by atomic mass is 32.1. The van der Waals surface area contributed by atoms with E-state index in [1.54, 1.807) is 0 Å². The number of methoxy groups -OCH3 is 1. The van der Waals surface area contributed by atoms with Crippen LogP contribution in [0.4, 0.5) is 0 Å². The summed E-state index contributed by atoms with van der Waals surface area (Å²) in [5.74, 6) is 0.262. The maximum atomic E-state index is 11.4. The van der Waals surface area contributed by atoms with E-state index in [0.29, 0.717) is 10.8 Å². The molecule has 2 nitrogen and oxygen atoms in total. The zero-order valence-electron chi connectivity index (χ0n) is 10.8. The molecule has 3 heteroatoms. The Labute approximate surface area is 111 Å².